The number of hydrogen-bond donors (Lipinski definition) is 1. The highest BCUT2D eigenvalue weighted by Gasteiger charge is 2.21. The summed E-state index contributed by atoms with van der Waals surface area (Å²) in [6.45, 7) is 3.23. The van der Waals surface area contributed by atoms with Crippen molar-refractivity contribution in [1.82, 2.24) is 15.0 Å². The largest absolute Gasteiger partial charge is 0.353 e. The molecule has 5 rings (SSSR count). The van der Waals surface area contributed by atoms with E-state index in [2.05, 4.69) is 35.7 Å². The molecule has 0 spiro atoms. The van der Waals surface area contributed by atoms with Gasteiger partial charge in [-0.05, 0) is 29.8 Å². The topological polar surface area (TPSA) is 65.1 Å². The standard InChI is InChI=1S/C21H18BrN5OS/c22-15-6-4-14(5-7-15)16-13-29-19-18(16)24-21(25-20(19)28)27-11-9-26(10-12-27)17-3-1-2-8-23-17/h1-8,13H,9-12H2,(H,24,25,28). The number of halogens is 1. The monoisotopic (exact) mass is 467 g/mol. The van der Waals surface area contributed by atoms with Gasteiger partial charge in [-0.25, -0.2) is 9.97 Å². The minimum absolute atomic E-state index is 0.0782. The van der Waals surface area contributed by atoms with Crippen molar-refractivity contribution < 1.29 is 0 Å². The summed E-state index contributed by atoms with van der Waals surface area (Å²) < 4.78 is 1.69. The van der Waals surface area contributed by atoms with Crippen LogP contribution in [0, 0.1) is 0 Å². The number of pyridine rings is 1. The molecule has 0 atom stereocenters. The van der Waals surface area contributed by atoms with E-state index in [-0.39, 0.29) is 5.56 Å². The number of piperazine rings is 1. The first-order valence-corrected chi connectivity index (χ1v) is 11.0. The van der Waals surface area contributed by atoms with Gasteiger partial charge in [-0.1, -0.05) is 34.1 Å². The molecule has 146 valence electrons. The van der Waals surface area contributed by atoms with Gasteiger partial charge in [0.1, 0.15) is 10.5 Å². The Morgan fingerprint density at radius 3 is 2.48 bits per heavy atom. The predicted octanol–water partition coefficient (Wildman–Crippen LogP) is 4.14. The van der Waals surface area contributed by atoms with Crippen LogP contribution in [-0.4, -0.2) is 41.1 Å². The molecule has 1 fully saturated rings. The van der Waals surface area contributed by atoms with E-state index in [0.717, 1.165) is 53.1 Å². The van der Waals surface area contributed by atoms with E-state index in [1.54, 1.807) is 0 Å². The second-order valence-electron chi connectivity index (χ2n) is 6.89. The van der Waals surface area contributed by atoms with Gasteiger partial charge < -0.3 is 9.80 Å². The normalized spacial score (nSPS) is 14.5. The van der Waals surface area contributed by atoms with Crippen molar-refractivity contribution in [3.05, 3.63) is 68.9 Å². The van der Waals surface area contributed by atoms with Crippen molar-refractivity contribution in [3.63, 3.8) is 0 Å². The lowest BCUT2D eigenvalue weighted by Crippen LogP contribution is -2.47. The van der Waals surface area contributed by atoms with Crippen molar-refractivity contribution in [2.24, 2.45) is 0 Å². The summed E-state index contributed by atoms with van der Waals surface area (Å²) in [6.07, 6.45) is 1.81. The molecule has 3 aromatic heterocycles. The number of hydrogen-bond acceptors (Lipinski definition) is 6. The number of nitrogens with zero attached hydrogens (tertiary/aromatic N) is 4. The number of H-pyrrole nitrogens is 1. The molecular weight excluding hydrogens is 450 g/mol. The number of benzene rings is 1. The van der Waals surface area contributed by atoms with Crippen LogP contribution in [0.3, 0.4) is 0 Å². The molecule has 0 bridgehead atoms. The molecule has 8 heteroatoms. The Morgan fingerprint density at radius 2 is 1.76 bits per heavy atom. The molecule has 1 aromatic carbocycles. The van der Waals surface area contributed by atoms with Crippen LogP contribution in [0.15, 0.2) is 63.3 Å². The zero-order chi connectivity index (χ0) is 19.8. The summed E-state index contributed by atoms with van der Waals surface area (Å²) in [5.41, 5.74) is 2.74. The first kappa shape index (κ1) is 18.3. The molecule has 6 nitrogen and oxygen atoms in total. The number of nitrogens with one attached hydrogen (secondary N) is 1. The van der Waals surface area contributed by atoms with Crippen molar-refractivity contribution in [3.8, 4) is 11.1 Å². The second-order valence-corrected chi connectivity index (χ2v) is 8.68. The van der Waals surface area contributed by atoms with Gasteiger partial charge in [-0.15, -0.1) is 11.3 Å². The summed E-state index contributed by atoms with van der Waals surface area (Å²) in [5, 5.41) is 2.01. The van der Waals surface area contributed by atoms with Crippen molar-refractivity contribution >= 4 is 49.2 Å². The van der Waals surface area contributed by atoms with E-state index >= 15 is 0 Å². The third kappa shape index (κ3) is 3.54. The maximum atomic E-state index is 12.7. The van der Waals surface area contributed by atoms with Crippen molar-refractivity contribution in [1.29, 1.82) is 0 Å². The molecule has 0 aliphatic carbocycles. The summed E-state index contributed by atoms with van der Waals surface area (Å²) in [5.74, 6) is 1.62. The van der Waals surface area contributed by atoms with E-state index in [4.69, 9.17) is 4.98 Å². The number of rotatable bonds is 3. The molecule has 1 aliphatic heterocycles. The van der Waals surface area contributed by atoms with Crippen LogP contribution >= 0.6 is 27.3 Å². The Labute approximate surface area is 180 Å². The quantitative estimate of drug-likeness (QED) is 0.490. The van der Waals surface area contributed by atoms with Crippen LogP contribution in [0.25, 0.3) is 21.3 Å². The Hall–Kier alpha value is -2.71. The van der Waals surface area contributed by atoms with E-state index < -0.39 is 0 Å². The van der Waals surface area contributed by atoms with Gasteiger partial charge in [0.25, 0.3) is 5.56 Å². The highest BCUT2D eigenvalue weighted by molar-refractivity contribution is 9.10. The Morgan fingerprint density at radius 1 is 1.00 bits per heavy atom. The van der Waals surface area contributed by atoms with Gasteiger partial charge in [-0.3, -0.25) is 9.78 Å². The third-order valence-corrected chi connectivity index (χ3v) is 6.62. The summed E-state index contributed by atoms with van der Waals surface area (Å²) >= 11 is 4.91. The number of aromatic nitrogens is 3. The van der Waals surface area contributed by atoms with E-state index in [9.17, 15) is 4.79 Å². The van der Waals surface area contributed by atoms with E-state index in [1.165, 1.54) is 11.3 Å². The maximum Gasteiger partial charge on any atom is 0.270 e. The Balaban J connectivity index is 1.45. The lowest BCUT2D eigenvalue weighted by molar-refractivity contribution is 0.635. The Bertz CT molecular complexity index is 1200. The molecule has 1 N–H and O–H groups in total. The SMILES string of the molecule is O=c1[nH]c(N2CCN(c3ccccn3)CC2)nc2c(-c3ccc(Br)cc3)csc12. The zero-order valence-electron chi connectivity index (χ0n) is 15.5. The lowest BCUT2D eigenvalue weighted by atomic mass is 10.1. The predicted molar refractivity (Wildman–Crippen MR) is 122 cm³/mol. The molecule has 29 heavy (non-hydrogen) atoms. The van der Waals surface area contributed by atoms with Gasteiger partial charge in [0.15, 0.2) is 0 Å². The molecule has 1 saturated heterocycles. The van der Waals surface area contributed by atoms with Crippen molar-refractivity contribution in [2.45, 2.75) is 0 Å². The van der Waals surface area contributed by atoms with Crippen LogP contribution in [0.5, 0.6) is 0 Å². The molecule has 0 radical (unpaired) electrons. The summed E-state index contributed by atoms with van der Waals surface area (Å²) in [6, 6.07) is 14.0. The molecule has 0 amide bonds. The Kier molecular flexibility index (Phi) is 4.81. The van der Waals surface area contributed by atoms with Crippen LogP contribution in [0.2, 0.25) is 0 Å². The fourth-order valence-corrected chi connectivity index (χ4v) is 4.76. The number of aromatic amines is 1. The first-order chi connectivity index (χ1) is 14.2. The molecule has 4 aromatic rings. The number of fused-ring (bicyclic) bond motifs is 1. The van der Waals surface area contributed by atoms with E-state index in [1.807, 2.05) is 54.0 Å². The first-order valence-electron chi connectivity index (χ1n) is 9.37. The average Bonchev–Trinajstić information content (AvgIpc) is 3.20. The molecular formula is C21H18BrN5OS. The van der Waals surface area contributed by atoms with Crippen molar-refractivity contribution in [2.75, 3.05) is 36.0 Å². The highest BCUT2D eigenvalue weighted by Crippen LogP contribution is 2.32. The zero-order valence-corrected chi connectivity index (χ0v) is 17.9. The lowest BCUT2D eigenvalue weighted by Gasteiger charge is -2.35. The molecule has 0 saturated carbocycles. The highest BCUT2D eigenvalue weighted by atomic mass is 79.9. The fourth-order valence-electron chi connectivity index (χ4n) is 3.59. The van der Waals surface area contributed by atoms with Gasteiger partial charge in [0.2, 0.25) is 5.95 Å². The fraction of sp³-hybridized carbons (Fsp3) is 0.190. The van der Waals surface area contributed by atoms with Gasteiger partial charge >= 0.3 is 0 Å². The van der Waals surface area contributed by atoms with Gasteiger partial charge in [0.05, 0.1) is 5.52 Å². The van der Waals surface area contributed by atoms with Crippen LogP contribution in [-0.2, 0) is 0 Å². The number of anilines is 2. The summed E-state index contributed by atoms with van der Waals surface area (Å²) in [4.78, 5) is 29.3. The maximum absolute atomic E-state index is 12.7. The van der Waals surface area contributed by atoms with Gasteiger partial charge in [0, 0.05) is 47.8 Å². The average molecular weight is 468 g/mol. The second kappa shape index (κ2) is 7.61. The minimum Gasteiger partial charge on any atom is -0.353 e. The van der Waals surface area contributed by atoms with Crippen LogP contribution in [0.1, 0.15) is 0 Å². The van der Waals surface area contributed by atoms with Crippen LogP contribution in [0.4, 0.5) is 11.8 Å². The number of thiophene rings is 1. The minimum atomic E-state index is -0.0782. The van der Waals surface area contributed by atoms with E-state index in [0.29, 0.717) is 10.6 Å². The third-order valence-electron chi connectivity index (χ3n) is 5.12. The van der Waals surface area contributed by atoms with Gasteiger partial charge in [-0.2, -0.15) is 0 Å². The van der Waals surface area contributed by atoms with Crippen LogP contribution < -0.4 is 15.4 Å². The smallest absolute Gasteiger partial charge is 0.270 e. The molecule has 0 unspecified atom stereocenters. The molecule has 1 aliphatic rings. The summed E-state index contributed by atoms with van der Waals surface area (Å²) in [7, 11) is 0. The molecule has 4 heterocycles.